The second kappa shape index (κ2) is 12.3. The molecular formula is C22H26ClN3O4S. The van der Waals surface area contributed by atoms with Crippen molar-refractivity contribution in [2.75, 3.05) is 12.3 Å². The van der Waals surface area contributed by atoms with E-state index in [1.807, 2.05) is 32.0 Å². The van der Waals surface area contributed by atoms with Crippen molar-refractivity contribution < 1.29 is 14.5 Å². The van der Waals surface area contributed by atoms with Crippen LogP contribution in [0.1, 0.15) is 31.4 Å². The Hall–Kier alpha value is -2.58. The Labute approximate surface area is 191 Å². The SMILES string of the molecule is CCNC(=O)C(CC)N(Cc1ccccc1Cl)C(=O)CSCc1ccc([N+](=O)[O-])cc1. The first-order valence-electron chi connectivity index (χ1n) is 9.99. The first-order chi connectivity index (χ1) is 14.9. The molecule has 0 bridgehead atoms. The molecule has 2 rings (SSSR count). The van der Waals surface area contributed by atoms with Crippen LogP contribution >= 0.6 is 23.4 Å². The lowest BCUT2D eigenvalue weighted by atomic mass is 10.1. The Kier molecular flexibility index (Phi) is 9.81. The van der Waals surface area contributed by atoms with Crippen molar-refractivity contribution in [2.45, 2.75) is 38.6 Å². The molecule has 1 atom stereocenters. The summed E-state index contributed by atoms with van der Waals surface area (Å²) < 4.78 is 0. The van der Waals surface area contributed by atoms with Crippen LogP contribution < -0.4 is 5.32 Å². The first kappa shape index (κ1) is 24.7. The number of nitrogens with one attached hydrogen (secondary N) is 1. The van der Waals surface area contributed by atoms with E-state index in [4.69, 9.17) is 11.6 Å². The van der Waals surface area contributed by atoms with Gasteiger partial charge in [-0.1, -0.05) is 48.9 Å². The number of carbonyl (C=O) groups is 2. The summed E-state index contributed by atoms with van der Waals surface area (Å²) in [6.45, 7) is 4.44. The van der Waals surface area contributed by atoms with Crippen LogP contribution in [0, 0.1) is 10.1 Å². The number of non-ortho nitro benzene ring substituents is 1. The highest BCUT2D eigenvalue weighted by Gasteiger charge is 2.28. The van der Waals surface area contributed by atoms with Crippen LogP contribution in [0.2, 0.25) is 5.02 Å². The average molecular weight is 464 g/mol. The fraction of sp³-hybridized carbons (Fsp3) is 0.364. The number of amides is 2. The largest absolute Gasteiger partial charge is 0.355 e. The van der Waals surface area contributed by atoms with Crippen LogP contribution in [0.15, 0.2) is 48.5 Å². The standard InChI is InChI=1S/C22H26ClN3O4S/c1-3-20(22(28)24-4-2)25(13-17-7-5-6-8-19(17)23)21(27)15-31-14-16-9-11-18(12-10-16)26(29)30/h5-12,20H,3-4,13-15H2,1-2H3,(H,24,28). The third-order valence-electron chi connectivity index (χ3n) is 4.68. The van der Waals surface area contributed by atoms with Gasteiger partial charge in [0.25, 0.3) is 5.69 Å². The molecule has 0 saturated carbocycles. The number of hydrogen-bond donors (Lipinski definition) is 1. The number of hydrogen-bond acceptors (Lipinski definition) is 5. The summed E-state index contributed by atoms with van der Waals surface area (Å²) in [5, 5.41) is 14.1. The molecule has 2 aromatic carbocycles. The molecular weight excluding hydrogens is 438 g/mol. The zero-order valence-electron chi connectivity index (χ0n) is 17.5. The van der Waals surface area contributed by atoms with Crippen LogP contribution in [0.5, 0.6) is 0 Å². The summed E-state index contributed by atoms with van der Waals surface area (Å²) in [5.41, 5.74) is 1.70. The van der Waals surface area contributed by atoms with Gasteiger partial charge in [0.05, 0.1) is 10.7 Å². The third-order valence-corrected chi connectivity index (χ3v) is 6.03. The van der Waals surface area contributed by atoms with Crippen molar-refractivity contribution in [3.8, 4) is 0 Å². The average Bonchev–Trinajstić information content (AvgIpc) is 2.75. The third kappa shape index (κ3) is 7.25. The molecule has 0 spiro atoms. The molecule has 0 fully saturated rings. The van der Waals surface area contributed by atoms with Gasteiger partial charge >= 0.3 is 0 Å². The van der Waals surface area contributed by atoms with E-state index in [1.54, 1.807) is 23.1 Å². The number of benzene rings is 2. The summed E-state index contributed by atoms with van der Waals surface area (Å²) in [6, 6.07) is 12.9. The summed E-state index contributed by atoms with van der Waals surface area (Å²) >= 11 is 7.69. The van der Waals surface area contributed by atoms with Gasteiger partial charge in [-0.15, -0.1) is 11.8 Å². The highest BCUT2D eigenvalue weighted by atomic mass is 35.5. The Morgan fingerprint density at radius 2 is 1.84 bits per heavy atom. The number of rotatable bonds is 11. The van der Waals surface area contributed by atoms with Crippen molar-refractivity contribution in [1.29, 1.82) is 0 Å². The van der Waals surface area contributed by atoms with E-state index >= 15 is 0 Å². The molecule has 0 aliphatic rings. The zero-order valence-corrected chi connectivity index (χ0v) is 19.1. The minimum atomic E-state index is -0.594. The van der Waals surface area contributed by atoms with E-state index in [2.05, 4.69) is 5.32 Å². The van der Waals surface area contributed by atoms with Crippen molar-refractivity contribution in [3.05, 3.63) is 74.8 Å². The number of nitro groups is 1. The summed E-state index contributed by atoms with van der Waals surface area (Å²) in [5.74, 6) is 0.356. The molecule has 1 N–H and O–H groups in total. The lowest BCUT2D eigenvalue weighted by molar-refractivity contribution is -0.384. The van der Waals surface area contributed by atoms with Crippen molar-refractivity contribution >= 4 is 40.9 Å². The maximum absolute atomic E-state index is 13.1. The van der Waals surface area contributed by atoms with E-state index in [9.17, 15) is 19.7 Å². The highest BCUT2D eigenvalue weighted by Crippen LogP contribution is 2.22. The van der Waals surface area contributed by atoms with E-state index in [0.717, 1.165) is 11.1 Å². The second-order valence-electron chi connectivity index (χ2n) is 6.85. The molecule has 7 nitrogen and oxygen atoms in total. The molecule has 9 heteroatoms. The fourth-order valence-corrected chi connectivity index (χ4v) is 4.14. The van der Waals surface area contributed by atoms with Crippen LogP contribution in [-0.4, -0.2) is 40.0 Å². The Morgan fingerprint density at radius 3 is 2.42 bits per heavy atom. The minimum Gasteiger partial charge on any atom is -0.355 e. The lowest BCUT2D eigenvalue weighted by Gasteiger charge is -2.30. The number of halogens is 1. The van der Waals surface area contributed by atoms with Gasteiger partial charge in [-0.3, -0.25) is 19.7 Å². The predicted molar refractivity (Wildman–Crippen MR) is 124 cm³/mol. The molecule has 0 heterocycles. The number of carbonyl (C=O) groups excluding carboxylic acids is 2. The van der Waals surface area contributed by atoms with Crippen LogP contribution in [-0.2, 0) is 21.9 Å². The van der Waals surface area contributed by atoms with E-state index in [-0.39, 0.29) is 29.8 Å². The van der Waals surface area contributed by atoms with Crippen LogP contribution in [0.4, 0.5) is 5.69 Å². The molecule has 2 amide bonds. The van der Waals surface area contributed by atoms with E-state index < -0.39 is 11.0 Å². The Morgan fingerprint density at radius 1 is 1.16 bits per heavy atom. The highest BCUT2D eigenvalue weighted by molar-refractivity contribution is 7.99. The molecule has 2 aromatic rings. The van der Waals surface area contributed by atoms with Crippen molar-refractivity contribution in [2.24, 2.45) is 0 Å². The van der Waals surface area contributed by atoms with Gasteiger partial charge in [0.15, 0.2) is 0 Å². The number of nitrogens with zero attached hydrogens (tertiary/aromatic N) is 2. The molecule has 31 heavy (non-hydrogen) atoms. The quantitative estimate of drug-likeness (QED) is 0.393. The van der Waals surface area contributed by atoms with E-state index in [1.165, 1.54) is 23.9 Å². The van der Waals surface area contributed by atoms with Crippen LogP contribution in [0.3, 0.4) is 0 Å². The smallest absolute Gasteiger partial charge is 0.269 e. The minimum absolute atomic E-state index is 0.0310. The van der Waals surface area contributed by atoms with E-state index in [0.29, 0.717) is 23.7 Å². The maximum atomic E-state index is 13.1. The fourth-order valence-electron chi connectivity index (χ4n) is 3.07. The summed E-state index contributed by atoms with van der Waals surface area (Å²) in [4.78, 5) is 37.6. The van der Waals surface area contributed by atoms with Gasteiger partial charge in [0.1, 0.15) is 6.04 Å². The Balaban J connectivity index is 2.10. The second-order valence-corrected chi connectivity index (χ2v) is 8.24. The van der Waals surface area contributed by atoms with Gasteiger partial charge in [0.2, 0.25) is 11.8 Å². The number of likely N-dealkylation sites (N-methyl/N-ethyl adjacent to an activating group) is 1. The monoisotopic (exact) mass is 463 g/mol. The summed E-state index contributed by atoms with van der Waals surface area (Å²) in [6.07, 6.45) is 0.481. The van der Waals surface area contributed by atoms with Gasteiger partial charge in [0, 0.05) is 36.0 Å². The first-order valence-corrected chi connectivity index (χ1v) is 11.5. The van der Waals surface area contributed by atoms with Gasteiger partial charge in [-0.2, -0.15) is 0 Å². The molecule has 1 unspecified atom stereocenters. The molecule has 0 saturated heterocycles. The molecule has 166 valence electrons. The normalized spacial score (nSPS) is 11.6. The lowest BCUT2D eigenvalue weighted by Crippen LogP contribution is -2.49. The number of thioether (sulfide) groups is 1. The molecule has 0 aliphatic heterocycles. The molecule has 0 aliphatic carbocycles. The van der Waals surface area contributed by atoms with Crippen LogP contribution in [0.25, 0.3) is 0 Å². The van der Waals surface area contributed by atoms with Gasteiger partial charge < -0.3 is 10.2 Å². The van der Waals surface area contributed by atoms with Gasteiger partial charge in [-0.05, 0) is 30.5 Å². The number of nitro benzene ring substituents is 1. The van der Waals surface area contributed by atoms with Gasteiger partial charge in [-0.25, -0.2) is 0 Å². The summed E-state index contributed by atoms with van der Waals surface area (Å²) in [7, 11) is 0. The molecule has 0 radical (unpaired) electrons. The maximum Gasteiger partial charge on any atom is 0.269 e. The van der Waals surface area contributed by atoms with Crippen molar-refractivity contribution in [3.63, 3.8) is 0 Å². The van der Waals surface area contributed by atoms with Crippen molar-refractivity contribution in [1.82, 2.24) is 10.2 Å². The Bertz CT molecular complexity index is 908. The zero-order chi connectivity index (χ0) is 22.8. The predicted octanol–water partition coefficient (Wildman–Crippen LogP) is 4.42. The topological polar surface area (TPSA) is 92.6 Å². The molecule has 0 aromatic heterocycles.